The maximum Gasteiger partial charge on any atom is 0.344 e. The number of ether oxygens (including phenoxy) is 1. The van der Waals surface area contributed by atoms with Crippen LogP contribution in [0.2, 0.25) is 0 Å². The number of aromatic nitrogens is 1. The second-order valence-electron chi connectivity index (χ2n) is 7.98. The van der Waals surface area contributed by atoms with E-state index in [4.69, 9.17) is 4.74 Å². The molecular weight excluding hydrogens is 376 g/mol. The number of carbonyl (C=O) groups is 4. The first-order valence-electron chi connectivity index (χ1n) is 9.98. The third kappa shape index (κ3) is 3.86. The molecule has 0 bridgehead atoms. The number of urea groups is 1. The van der Waals surface area contributed by atoms with Crippen LogP contribution in [0.1, 0.15) is 61.3 Å². The molecule has 1 saturated heterocycles. The zero-order valence-electron chi connectivity index (χ0n) is 17.3. The Morgan fingerprint density at radius 3 is 2.52 bits per heavy atom. The Bertz CT molecular complexity index is 851. The van der Waals surface area contributed by atoms with Gasteiger partial charge in [0.1, 0.15) is 5.54 Å². The third-order valence-electron chi connectivity index (χ3n) is 5.97. The molecule has 29 heavy (non-hydrogen) atoms. The number of carbonyl (C=O) groups excluding carboxylic acids is 4. The lowest BCUT2D eigenvalue weighted by Crippen LogP contribution is -2.52. The van der Waals surface area contributed by atoms with Gasteiger partial charge in [-0.1, -0.05) is 6.92 Å². The maximum absolute atomic E-state index is 12.7. The molecule has 4 amide bonds. The van der Waals surface area contributed by atoms with Gasteiger partial charge in [0.15, 0.2) is 6.61 Å². The van der Waals surface area contributed by atoms with Gasteiger partial charge in [-0.2, -0.15) is 5.01 Å². The molecule has 0 atom stereocenters. The molecule has 9 heteroatoms. The maximum atomic E-state index is 12.7. The number of nitrogens with zero attached hydrogens (tertiary/aromatic N) is 2. The van der Waals surface area contributed by atoms with Crippen LogP contribution in [-0.2, 0) is 20.9 Å². The van der Waals surface area contributed by atoms with Crippen LogP contribution >= 0.6 is 0 Å². The Morgan fingerprint density at radius 1 is 1.28 bits per heavy atom. The molecular formula is C20H28N4O5. The van der Waals surface area contributed by atoms with Crippen molar-refractivity contribution in [2.75, 3.05) is 6.61 Å². The van der Waals surface area contributed by atoms with E-state index in [2.05, 4.69) is 17.7 Å². The Balaban J connectivity index is 1.58. The minimum Gasteiger partial charge on any atom is -0.452 e. The number of esters is 1. The smallest absolute Gasteiger partial charge is 0.344 e. The highest BCUT2D eigenvalue weighted by Crippen LogP contribution is 2.35. The molecule has 1 aliphatic heterocycles. The molecule has 1 aromatic rings. The number of aryl methyl sites for hydroxylation is 1. The summed E-state index contributed by atoms with van der Waals surface area (Å²) in [6, 6.07) is 1.06. The van der Waals surface area contributed by atoms with Crippen LogP contribution in [0.5, 0.6) is 0 Å². The van der Waals surface area contributed by atoms with Crippen LogP contribution in [0.3, 0.4) is 0 Å². The molecule has 0 unspecified atom stereocenters. The lowest BCUT2D eigenvalue weighted by atomic mass is 9.77. The normalized spacial score (nSPS) is 24.0. The van der Waals surface area contributed by atoms with Crippen LogP contribution in [-0.4, -0.2) is 45.5 Å². The van der Waals surface area contributed by atoms with E-state index in [1.807, 2.05) is 25.3 Å². The summed E-state index contributed by atoms with van der Waals surface area (Å²) < 4.78 is 7.05. The zero-order valence-corrected chi connectivity index (χ0v) is 17.3. The molecule has 2 heterocycles. The van der Waals surface area contributed by atoms with Crippen LogP contribution in [0.4, 0.5) is 4.79 Å². The fourth-order valence-corrected chi connectivity index (χ4v) is 4.18. The van der Waals surface area contributed by atoms with Gasteiger partial charge >= 0.3 is 12.0 Å². The highest BCUT2D eigenvalue weighted by atomic mass is 16.5. The fourth-order valence-electron chi connectivity index (χ4n) is 4.18. The van der Waals surface area contributed by atoms with Crippen molar-refractivity contribution in [3.05, 3.63) is 23.0 Å². The predicted octanol–water partition coefficient (Wildman–Crippen LogP) is 1.81. The Morgan fingerprint density at radius 2 is 1.93 bits per heavy atom. The van der Waals surface area contributed by atoms with E-state index in [1.165, 1.54) is 0 Å². The van der Waals surface area contributed by atoms with Gasteiger partial charge in [0.2, 0.25) is 0 Å². The van der Waals surface area contributed by atoms with E-state index < -0.39 is 36.0 Å². The van der Waals surface area contributed by atoms with E-state index in [0.29, 0.717) is 29.3 Å². The summed E-state index contributed by atoms with van der Waals surface area (Å²) in [4.78, 5) is 49.5. The van der Waals surface area contributed by atoms with E-state index >= 15 is 0 Å². The van der Waals surface area contributed by atoms with Crippen molar-refractivity contribution >= 4 is 23.8 Å². The van der Waals surface area contributed by atoms with E-state index in [1.54, 1.807) is 6.07 Å². The number of hydrogen-bond acceptors (Lipinski definition) is 5. The number of hydrazine groups is 1. The minimum absolute atomic E-state index is 0.391. The standard InChI is InChI=1S/C20H28N4O5/c1-5-23-13(3)10-15(14(23)4)17(26)29-11-16(25)22-24-18(27)20(21-19(24)28)8-6-12(2)7-9-20/h10,12H,5-9,11H2,1-4H3,(H,21,28)(H,22,25). The molecule has 2 N–H and O–H groups in total. The lowest BCUT2D eigenvalue weighted by molar-refractivity contribution is -0.141. The first-order chi connectivity index (χ1) is 13.7. The Hall–Kier alpha value is -2.84. The number of amides is 4. The monoisotopic (exact) mass is 404 g/mol. The molecule has 2 fully saturated rings. The molecule has 1 saturated carbocycles. The molecule has 2 aliphatic rings. The van der Waals surface area contributed by atoms with Crippen LogP contribution in [0.15, 0.2) is 6.07 Å². The van der Waals surface area contributed by atoms with Gasteiger partial charge in [0.25, 0.3) is 11.8 Å². The summed E-state index contributed by atoms with van der Waals surface area (Å²) in [7, 11) is 0. The molecule has 1 aromatic heterocycles. The third-order valence-corrected chi connectivity index (χ3v) is 5.97. The number of rotatable bonds is 5. The Kier molecular flexibility index (Phi) is 5.68. The zero-order chi connectivity index (χ0) is 21.3. The van der Waals surface area contributed by atoms with Crippen LogP contribution in [0.25, 0.3) is 0 Å². The Labute approximate surface area is 169 Å². The molecule has 1 aliphatic carbocycles. The van der Waals surface area contributed by atoms with Crippen molar-refractivity contribution in [1.82, 2.24) is 20.3 Å². The summed E-state index contributed by atoms with van der Waals surface area (Å²) in [6.45, 7) is 7.92. The van der Waals surface area contributed by atoms with Gasteiger partial charge in [-0.05, 0) is 58.4 Å². The topological polar surface area (TPSA) is 110 Å². The average molecular weight is 404 g/mol. The predicted molar refractivity (Wildman–Crippen MR) is 104 cm³/mol. The van der Waals surface area contributed by atoms with Gasteiger partial charge in [-0.15, -0.1) is 0 Å². The van der Waals surface area contributed by atoms with Crippen LogP contribution < -0.4 is 10.7 Å². The second-order valence-corrected chi connectivity index (χ2v) is 7.98. The average Bonchev–Trinajstić information content (AvgIpc) is 3.10. The summed E-state index contributed by atoms with van der Waals surface area (Å²) in [5.41, 5.74) is 3.40. The molecule has 0 radical (unpaired) electrons. The number of hydrogen-bond donors (Lipinski definition) is 2. The van der Waals surface area contributed by atoms with E-state index in [9.17, 15) is 19.2 Å². The van der Waals surface area contributed by atoms with Gasteiger partial charge in [0.05, 0.1) is 5.56 Å². The molecule has 0 aromatic carbocycles. The summed E-state index contributed by atoms with van der Waals surface area (Å²) in [5.74, 6) is -1.32. The van der Waals surface area contributed by atoms with Gasteiger partial charge in [0, 0.05) is 17.9 Å². The van der Waals surface area contributed by atoms with Gasteiger partial charge < -0.3 is 14.6 Å². The SMILES string of the molecule is CCn1c(C)cc(C(=O)OCC(=O)NN2C(=O)NC3(CCC(C)CC3)C2=O)c1C. The first-order valence-corrected chi connectivity index (χ1v) is 9.98. The molecule has 158 valence electrons. The number of imide groups is 1. The van der Waals surface area contributed by atoms with Crippen molar-refractivity contribution in [1.29, 1.82) is 0 Å². The molecule has 3 rings (SSSR count). The lowest BCUT2D eigenvalue weighted by Gasteiger charge is -2.33. The summed E-state index contributed by atoms with van der Waals surface area (Å²) in [6.07, 6.45) is 2.77. The van der Waals surface area contributed by atoms with Crippen molar-refractivity contribution < 1.29 is 23.9 Å². The van der Waals surface area contributed by atoms with E-state index in [0.717, 1.165) is 30.8 Å². The molecule has 9 nitrogen and oxygen atoms in total. The van der Waals surface area contributed by atoms with Crippen molar-refractivity contribution in [2.45, 2.75) is 65.5 Å². The molecule has 1 spiro atoms. The minimum atomic E-state index is -0.939. The van der Waals surface area contributed by atoms with Crippen molar-refractivity contribution in [3.8, 4) is 0 Å². The van der Waals surface area contributed by atoms with E-state index in [-0.39, 0.29) is 0 Å². The van der Waals surface area contributed by atoms with Crippen LogP contribution in [0, 0.1) is 19.8 Å². The van der Waals surface area contributed by atoms with Crippen molar-refractivity contribution in [3.63, 3.8) is 0 Å². The quantitative estimate of drug-likeness (QED) is 0.575. The van der Waals surface area contributed by atoms with Gasteiger partial charge in [-0.3, -0.25) is 15.0 Å². The largest absolute Gasteiger partial charge is 0.452 e. The highest BCUT2D eigenvalue weighted by molar-refractivity contribution is 6.08. The number of nitrogens with one attached hydrogen (secondary N) is 2. The first kappa shape index (κ1) is 20.9. The van der Waals surface area contributed by atoms with Gasteiger partial charge in [-0.25, -0.2) is 9.59 Å². The fraction of sp³-hybridized carbons (Fsp3) is 0.600. The second kappa shape index (κ2) is 7.88. The van der Waals surface area contributed by atoms with Crippen molar-refractivity contribution in [2.24, 2.45) is 5.92 Å². The summed E-state index contributed by atoms with van der Waals surface area (Å²) in [5, 5.41) is 3.42. The highest BCUT2D eigenvalue weighted by Gasteiger charge is 2.52. The summed E-state index contributed by atoms with van der Waals surface area (Å²) >= 11 is 0.